The summed E-state index contributed by atoms with van der Waals surface area (Å²) < 4.78 is 0. The van der Waals surface area contributed by atoms with Gasteiger partial charge in [0.2, 0.25) is 0 Å². The van der Waals surface area contributed by atoms with E-state index in [0.29, 0.717) is 11.1 Å². The van der Waals surface area contributed by atoms with Crippen LogP contribution in [0.2, 0.25) is 0 Å². The molecule has 1 N–H and O–H groups in total. The second kappa shape index (κ2) is 6.14. The van der Waals surface area contributed by atoms with Crippen molar-refractivity contribution < 1.29 is 4.79 Å². The Morgan fingerprint density at radius 3 is 1.78 bits per heavy atom. The number of benzene rings is 1. The third-order valence-corrected chi connectivity index (χ3v) is 3.22. The van der Waals surface area contributed by atoms with Gasteiger partial charge in [0.25, 0.3) is 0 Å². The van der Waals surface area contributed by atoms with Crippen molar-refractivity contribution in [2.24, 2.45) is 0 Å². The van der Waals surface area contributed by atoms with Crippen molar-refractivity contribution in [3.8, 4) is 0 Å². The summed E-state index contributed by atoms with van der Waals surface area (Å²) in [6.07, 6.45) is 4.83. The molecule has 0 saturated carbocycles. The summed E-state index contributed by atoms with van der Waals surface area (Å²) in [7, 11) is 0. The maximum Gasteiger partial charge on any atom is 0.150 e. The maximum atomic E-state index is 10.0. The molecular weight excluding hydrogens is 222 g/mol. The fourth-order valence-corrected chi connectivity index (χ4v) is 2.54. The molecule has 1 saturated heterocycles. The van der Waals surface area contributed by atoms with Gasteiger partial charge >= 0.3 is 0 Å². The van der Waals surface area contributed by atoms with Crippen molar-refractivity contribution in [1.29, 1.82) is 0 Å². The Kier molecular flexibility index (Phi) is 5.09. The van der Waals surface area contributed by atoms with Crippen molar-refractivity contribution in [3.63, 3.8) is 0 Å². The monoisotopic (exact) mass is 247 g/mol. The SMILES string of the molecule is CC1(C)CCCC(C)(C)N1.O=Cc1ccccc1. The fourth-order valence-electron chi connectivity index (χ4n) is 2.54. The van der Waals surface area contributed by atoms with Gasteiger partial charge in [0.05, 0.1) is 0 Å². The lowest BCUT2D eigenvalue weighted by molar-refractivity contribution is 0.112. The molecule has 1 aliphatic heterocycles. The van der Waals surface area contributed by atoms with E-state index in [1.807, 2.05) is 18.2 Å². The van der Waals surface area contributed by atoms with Crippen LogP contribution in [0.15, 0.2) is 30.3 Å². The molecular formula is C16H25NO. The standard InChI is InChI=1S/C9H19N.C7H6O/c1-8(2)6-5-7-9(3,4)10-8;8-6-7-4-2-1-3-5-7/h10H,5-7H2,1-4H3;1-6H. The molecule has 2 nitrogen and oxygen atoms in total. The molecule has 2 heteroatoms. The summed E-state index contributed by atoms with van der Waals surface area (Å²) in [4.78, 5) is 10.0. The second-order valence-electron chi connectivity index (χ2n) is 6.27. The molecule has 1 fully saturated rings. The molecule has 1 heterocycles. The van der Waals surface area contributed by atoms with Crippen molar-refractivity contribution in [2.45, 2.75) is 58.0 Å². The van der Waals surface area contributed by atoms with E-state index in [-0.39, 0.29) is 0 Å². The van der Waals surface area contributed by atoms with Crippen LogP contribution >= 0.6 is 0 Å². The number of carbonyl (C=O) groups is 1. The maximum absolute atomic E-state index is 10.0. The molecule has 1 aromatic carbocycles. The first-order valence-electron chi connectivity index (χ1n) is 6.64. The van der Waals surface area contributed by atoms with E-state index in [2.05, 4.69) is 33.0 Å². The first kappa shape index (κ1) is 14.9. The minimum absolute atomic E-state index is 0.363. The van der Waals surface area contributed by atoms with Gasteiger partial charge in [-0.25, -0.2) is 0 Å². The average molecular weight is 247 g/mol. The van der Waals surface area contributed by atoms with Gasteiger partial charge in [-0.2, -0.15) is 0 Å². The van der Waals surface area contributed by atoms with Crippen molar-refractivity contribution in [3.05, 3.63) is 35.9 Å². The summed E-state index contributed by atoms with van der Waals surface area (Å²) in [5.41, 5.74) is 1.45. The van der Waals surface area contributed by atoms with Crippen LogP contribution in [0.1, 0.15) is 57.3 Å². The Labute approximate surface area is 111 Å². The predicted molar refractivity (Wildman–Crippen MR) is 77.0 cm³/mol. The quantitative estimate of drug-likeness (QED) is 0.764. The Balaban J connectivity index is 0.000000184. The Bertz CT molecular complexity index is 354. The zero-order valence-electron chi connectivity index (χ0n) is 12.0. The normalized spacial score (nSPS) is 20.4. The van der Waals surface area contributed by atoms with E-state index in [1.54, 1.807) is 12.1 Å². The van der Waals surface area contributed by atoms with Crippen LogP contribution in [0.4, 0.5) is 0 Å². The lowest BCUT2D eigenvalue weighted by Crippen LogP contribution is -2.55. The van der Waals surface area contributed by atoms with Crippen molar-refractivity contribution >= 4 is 6.29 Å². The molecule has 100 valence electrons. The molecule has 0 amide bonds. The van der Waals surface area contributed by atoms with Crippen LogP contribution in [0.3, 0.4) is 0 Å². The van der Waals surface area contributed by atoms with Crippen LogP contribution in [-0.4, -0.2) is 17.4 Å². The summed E-state index contributed by atoms with van der Waals surface area (Å²) in [6.45, 7) is 9.14. The highest BCUT2D eigenvalue weighted by molar-refractivity contribution is 5.74. The number of hydrogen-bond acceptors (Lipinski definition) is 2. The molecule has 0 atom stereocenters. The Hall–Kier alpha value is -1.15. The van der Waals surface area contributed by atoms with Crippen LogP contribution in [0, 0.1) is 0 Å². The zero-order valence-corrected chi connectivity index (χ0v) is 12.0. The van der Waals surface area contributed by atoms with Gasteiger partial charge in [0.15, 0.2) is 0 Å². The number of aldehydes is 1. The smallest absolute Gasteiger partial charge is 0.150 e. The largest absolute Gasteiger partial charge is 0.307 e. The second-order valence-corrected chi connectivity index (χ2v) is 6.27. The van der Waals surface area contributed by atoms with Gasteiger partial charge in [-0.3, -0.25) is 4.79 Å². The highest BCUT2D eigenvalue weighted by Gasteiger charge is 2.31. The van der Waals surface area contributed by atoms with Crippen LogP contribution in [0.5, 0.6) is 0 Å². The van der Waals surface area contributed by atoms with Gasteiger partial charge in [-0.05, 0) is 47.0 Å². The predicted octanol–water partition coefficient (Wildman–Crippen LogP) is 3.82. The highest BCUT2D eigenvalue weighted by Crippen LogP contribution is 2.27. The first-order valence-corrected chi connectivity index (χ1v) is 6.64. The topological polar surface area (TPSA) is 29.1 Å². The summed E-state index contributed by atoms with van der Waals surface area (Å²) in [6, 6.07) is 9.10. The molecule has 0 aliphatic carbocycles. The average Bonchev–Trinajstić information content (AvgIpc) is 2.28. The molecule has 0 bridgehead atoms. The van der Waals surface area contributed by atoms with Gasteiger partial charge in [-0.1, -0.05) is 30.3 Å². The summed E-state index contributed by atoms with van der Waals surface area (Å²) in [5.74, 6) is 0. The molecule has 18 heavy (non-hydrogen) atoms. The molecule has 0 spiro atoms. The number of rotatable bonds is 1. The minimum atomic E-state index is 0.363. The third-order valence-electron chi connectivity index (χ3n) is 3.22. The number of nitrogens with one attached hydrogen (secondary N) is 1. The highest BCUT2D eigenvalue weighted by atomic mass is 16.1. The van der Waals surface area contributed by atoms with E-state index in [9.17, 15) is 4.79 Å². The van der Waals surface area contributed by atoms with E-state index < -0.39 is 0 Å². The molecule has 0 unspecified atom stereocenters. The number of carbonyl (C=O) groups excluding carboxylic acids is 1. The van der Waals surface area contributed by atoms with Crippen molar-refractivity contribution in [2.75, 3.05) is 0 Å². The van der Waals surface area contributed by atoms with E-state index in [1.165, 1.54) is 19.3 Å². The van der Waals surface area contributed by atoms with Gasteiger partial charge < -0.3 is 5.32 Å². The molecule has 2 rings (SSSR count). The molecule has 1 aromatic rings. The number of piperidine rings is 1. The first-order chi connectivity index (χ1) is 8.35. The van der Waals surface area contributed by atoms with Crippen LogP contribution in [0.25, 0.3) is 0 Å². The van der Waals surface area contributed by atoms with Gasteiger partial charge in [0, 0.05) is 16.6 Å². The summed E-state index contributed by atoms with van der Waals surface area (Å²) in [5, 5.41) is 3.63. The Morgan fingerprint density at radius 2 is 1.50 bits per heavy atom. The van der Waals surface area contributed by atoms with Crippen molar-refractivity contribution in [1.82, 2.24) is 5.32 Å². The lowest BCUT2D eigenvalue weighted by atomic mass is 9.83. The van der Waals surface area contributed by atoms with Crippen LogP contribution < -0.4 is 5.32 Å². The molecule has 0 radical (unpaired) electrons. The Morgan fingerprint density at radius 1 is 1.00 bits per heavy atom. The van der Waals surface area contributed by atoms with E-state index in [4.69, 9.17) is 0 Å². The minimum Gasteiger partial charge on any atom is -0.307 e. The van der Waals surface area contributed by atoms with Gasteiger partial charge in [0.1, 0.15) is 6.29 Å². The van der Waals surface area contributed by atoms with Gasteiger partial charge in [-0.15, -0.1) is 0 Å². The molecule has 1 aliphatic rings. The molecule has 0 aromatic heterocycles. The fraction of sp³-hybridized carbons (Fsp3) is 0.562. The van der Waals surface area contributed by atoms with E-state index in [0.717, 1.165) is 11.8 Å². The van der Waals surface area contributed by atoms with E-state index >= 15 is 0 Å². The summed E-state index contributed by atoms with van der Waals surface area (Å²) >= 11 is 0. The number of hydrogen-bond donors (Lipinski definition) is 1. The lowest BCUT2D eigenvalue weighted by Gasteiger charge is -2.42. The van der Waals surface area contributed by atoms with Crippen LogP contribution in [-0.2, 0) is 0 Å². The third kappa shape index (κ3) is 5.46. The zero-order chi connectivity index (χ0) is 13.6.